The van der Waals surface area contributed by atoms with E-state index in [9.17, 15) is 0 Å². The van der Waals surface area contributed by atoms with E-state index in [0.717, 1.165) is 6.42 Å². The first-order chi connectivity index (χ1) is 12.8. The van der Waals surface area contributed by atoms with Crippen LogP contribution in [0.4, 0.5) is 0 Å². The molecule has 0 aliphatic heterocycles. The second-order valence-corrected chi connectivity index (χ2v) is 7.46. The van der Waals surface area contributed by atoms with Crippen LogP contribution in [0, 0.1) is 5.92 Å². The molecule has 2 aliphatic carbocycles. The molecule has 144 valence electrons. The second kappa shape index (κ2) is 10.1. The van der Waals surface area contributed by atoms with E-state index in [2.05, 4.69) is 97.9 Å². The molecule has 29 heavy (non-hydrogen) atoms. The largest absolute Gasteiger partial charge is 2.00 e. The van der Waals surface area contributed by atoms with E-state index >= 15 is 0 Å². The predicted molar refractivity (Wildman–Crippen MR) is 111 cm³/mol. The summed E-state index contributed by atoms with van der Waals surface area (Å²) >= 11 is 0. The van der Waals surface area contributed by atoms with Crippen LogP contribution >= 0.6 is 0 Å². The van der Waals surface area contributed by atoms with Crippen LogP contribution in [0.5, 0.6) is 0 Å². The number of hydrogen-bond acceptors (Lipinski definition) is 0. The molecular weight excluding hydrogens is 474 g/mol. The van der Waals surface area contributed by atoms with Crippen LogP contribution in [0.15, 0.2) is 84.4 Å². The predicted octanol–water partition coefficient (Wildman–Crippen LogP) is 0.606. The summed E-state index contributed by atoms with van der Waals surface area (Å²) in [4.78, 5) is 0. The first kappa shape index (κ1) is 23.9. The van der Waals surface area contributed by atoms with Crippen molar-refractivity contribution in [3.05, 3.63) is 112 Å². The number of rotatable bonds is 3. The number of hydrogen-bond donors (Lipinski definition) is 0. The third-order valence-corrected chi connectivity index (χ3v) is 5.96. The molecule has 0 spiro atoms. The van der Waals surface area contributed by atoms with Crippen LogP contribution in [0.25, 0.3) is 17.7 Å². The number of allylic oxidation sites excluding steroid dienone is 2. The van der Waals surface area contributed by atoms with E-state index in [1.165, 1.54) is 33.4 Å². The fraction of sp³-hybridized carbons (Fsp3) is 0.154. The topological polar surface area (TPSA) is 0 Å². The first-order valence-corrected chi connectivity index (χ1v) is 9.45. The van der Waals surface area contributed by atoms with Crippen molar-refractivity contribution in [1.29, 1.82) is 0 Å². The Balaban J connectivity index is 0.000001000. The zero-order valence-electron chi connectivity index (χ0n) is 16.3. The van der Waals surface area contributed by atoms with Crippen LogP contribution in [-0.4, -0.2) is 0 Å². The van der Waals surface area contributed by atoms with Crippen molar-refractivity contribution >= 4 is 17.7 Å². The summed E-state index contributed by atoms with van der Waals surface area (Å²) in [6, 6.07) is 28.6. The summed E-state index contributed by atoms with van der Waals surface area (Å²) in [5.74, 6) is 0.909. The third kappa shape index (κ3) is 4.38. The van der Waals surface area contributed by atoms with Crippen LogP contribution in [-0.2, 0) is 32.6 Å². The summed E-state index contributed by atoms with van der Waals surface area (Å²) in [5, 5.41) is 0. The molecule has 0 saturated heterocycles. The molecule has 3 aromatic carbocycles. The standard InChI is InChI=1S/C26H22.2ClH.Zr/c1-18(23-15-20-11-5-6-12-21(20)16-23)26-24-14-8-7-13-22(24)17-25(26)19-9-3-2-4-10-19;;;/h2-15,17-18,26H,16H2,1H3;2*1H;/q;;;+2/p-2. The molecule has 3 heteroatoms. The monoisotopic (exact) mass is 494 g/mol. The van der Waals surface area contributed by atoms with Crippen molar-refractivity contribution < 1.29 is 51.0 Å². The molecule has 0 heterocycles. The Labute approximate surface area is 205 Å². The summed E-state index contributed by atoms with van der Waals surface area (Å²) in [6.45, 7) is 2.40. The Kier molecular flexibility index (Phi) is 8.30. The second-order valence-electron chi connectivity index (χ2n) is 7.46. The molecule has 5 rings (SSSR count). The van der Waals surface area contributed by atoms with E-state index < -0.39 is 0 Å². The van der Waals surface area contributed by atoms with Gasteiger partial charge in [0.1, 0.15) is 0 Å². The zero-order valence-corrected chi connectivity index (χ0v) is 20.2. The minimum Gasteiger partial charge on any atom is -1.00 e. The van der Waals surface area contributed by atoms with Crippen molar-refractivity contribution in [2.75, 3.05) is 0 Å². The molecule has 0 aromatic heterocycles. The Morgan fingerprint density at radius 2 is 1.34 bits per heavy atom. The van der Waals surface area contributed by atoms with Gasteiger partial charge in [0.2, 0.25) is 0 Å². The summed E-state index contributed by atoms with van der Waals surface area (Å²) in [6.07, 6.45) is 5.90. The van der Waals surface area contributed by atoms with Crippen LogP contribution < -0.4 is 24.8 Å². The maximum absolute atomic E-state index is 2.42. The van der Waals surface area contributed by atoms with E-state index in [-0.39, 0.29) is 51.0 Å². The van der Waals surface area contributed by atoms with Gasteiger partial charge < -0.3 is 24.8 Å². The van der Waals surface area contributed by atoms with Gasteiger partial charge in [-0.15, -0.1) is 0 Å². The molecule has 0 saturated carbocycles. The third-order valence-electron chi connectivity index (χ3n) is 5.96. The smallest absolute Gasteiger partial charge is 1.00 e. The van der Waals surface area contributed by atoms with Crippen molar-refractivity contribution in [3.8, 4) is 0 Å². The van der Waals surface area contributed by atoms with Gasteiger partial charge in [0.25, 0.3) is 0 Å². The summed E-state index contributed by atoms with van der Waals surface area (Å²) in [7, 11) is 0. The molecule has 3 aromatic rings. The van der Waals surface area contributed by atoms with Gasteiger partial charge in [0.15, 0.2) is 0 Å². The maximum Gasteiger partial charge on any atom is 2.00 e. The molecule has 0 N–H and O–H groups in total. The molecule has 0 bridgehead atoms. The average Bonchev–Trinajstić information content (AvgIpc) is 3.30. The minimum absolute atomic E-state index is 0. The van der Waals surface area contributed by atoms with Crippen molar-refractivity contribution in [2.24, 2.45) is 5.92 Å². The Morgan fingerprint density at radius 3 is 2.07 bits per heavy atom. The fourth-order valence-electron chi connectivity index (χ4n) is 4.60. The molecule has 0 nitrogen and oxygen atoms in total. The van der Waals surface area contributed by atoms with Gasteiger partial charge in [0, 0.05) is 5.92 Å². The average molecular weight is 497 g/mol. The quantitative estimate of drug-likeness (QED) is 0.499. The molecular formula is C26H22Cl2Zr. The van der Waals surface area contributed by atoms with Crippen LogP contribution in [0.3, 0.4) is 0 Å². The molecule has 0 fully saturated rings. The molecule has 2 unspecified atom stereocenters. The van der Waals surface area contributed by atoms with Crippen molar-refractivity contribution in [1.82, 2.24) is 0 Å². The van der Waals surface area contributed by atoms with E-state index in [1.54, 1.807) is 5.57 Å². The van der Waals surface area contributed by atoms with Gasteiger partial charge in [-0.25, -0.2) is 0 Å². The number of fused-ring (bicyclic) bond motifs is 2. The van der Waals surface area contributed by atoms with Crippen LogP contribution in [0.1, 0.15) is 40.7 Å². The number of benzene rings is 3. The number of halogens is 2. The van der Waals surface area contributed by atoms with Crippen molar-refractivity contribution in [3.63, 3.8) is 0 Å². The van der Waals surface area contributed by atoms with E-state index in [1.807, 2.05) is 0 Å². The van der Waals surface area contributed by atoms with Gasteiger partial charge in [-0.2, -0.15) is 0 Å². The fourth-order valence-corrected chi connectivity index (χ4v) is 4.60. The first-order valence-electron chi connectivity index (χ1n) is 9.45. The maximum atomic E-state index is 2.42. The van der Waals surface area contributed by atoms with Gasteiger partial charge in [0.05, 0.1) is 0 Å². The van der Waals surface area contributed by atoms with Gasteiger partial charge in [-0.3, -0.25) is 0 Å². The van der Waals surface area contributed by atoms with Crippen molar-refractivity contribution in [2.45, 2.75) is 19.3 Å². The van der Waals surface area contributed by atoms with Gasteiger partial charge in [-0.05, 0) is 45.7 Å². The summed E-state index contributed by atoms with van der Waals surface area (Å²) in [5.41, 5.74) is 10.1. The molecule has 2 aliphatic rings. The van der Waals surface area contributed by atoms with Gasteiger partial charge >= 0.3 is 26.2 Å². The Hall–Kier alpha value is -1.40. The normalized spacial score (nSPS) is 16.8. The zero-order chi connectivity index (χ0) is 17.5. The van der Waals surface area contributed by atoms with E-state index in [4.69, 9.17) is 0 Å². The Morgan fingerprint density at radius 1 is 0.724 bits per heavy atom. The van der Waals surface area contributed by atoms with Crippen LogP contribution in [0.2, 0.25) is 0 Å². The van der Waals surface area contributed by atoms with E-state index in [0.29, 0.717) is 11.8 Å². The Bertz CT molecular complexity index is 1040. The summed E-state index contributed by atoms with van der Waals surface area (Å²) < 4.78 is 0. The SMILES string of the molecule is CC(C1=Cc2ccccc2C1)C1C(c2ccccc2)=Cc2ccccc21.[Cl-].[Cl-].[Zr+2]. The molecule has 0 amide bonds. The molecule has 0 radical (unpaired) electrons. The van der Waals surface area contributed by atoms with Gasteiger partial charge in [-0.1, -0.05) is 104 Å². The molecule has 2 atom stereocenters. The minimum atomic E-state index is 0.